The summed E-state index contributed by atoms with van der Waals surface area (Å²) in [4.78, 5) is 2.15. The lowest BCUT2D eigenvalue weighted by atomic mass is 10.3. The molecule has 1 atom stereocenters. The van der Waals surface area contributed by atoms with E-state index in [0.29, 0.717) is 35.6 Å². The van der Waals surface area contributed by atoms with E-state index in [0.717, 1.165) is 13.1 Å². The summed E-state index contributed by atoms with van der Waals surface area (Å²) >= 11 is 11.9. The van der Waals surface area contributed by atoms with Crippen molar-refractivity contribution in [3.63, 3.8) is 0 Å². The molecule has 0 aromatic heterocycles. The van der Waals surface area contributed by atoms with E-state index in [1.807, 2.05) is 0 Å². The van der Waals surface area contributed by atoms with Crippen molar-refractivity contribution in [2.75, 3.05) is 39.5 Å². The minimum Gasteiger partial charge on any atom is -0.489 e. The Morgan fingerprint density at radius 2 is 2.26 bits per heavy atom. The van der Waals surface area contributed by atoms with Gasteiger partial charge in [-0.15, -0.1) is 0 Å². The summed E-state index contributed by atoms with van der Waals surface area (Å²) in [6.45, 7) is 3.48. The summed E-state index contributed by atoms with van der Waals surface area (Å²) in [6.07, 6.45) is -0.0182. The number of rotatable bonds is 5. The third kappa shape index (κ3) is 4.51. The van der Waals surface area contributed by atoms with Crippen molar-refractivity contribution in [1.29, 1.82) is 0 Å². The van der Waals surface area contributed by atoms with Gasteiger partial charge in [0, 0.05) is 30.7 Å². The van der Waals surface area contributed by atoms with Crippen molar-refractivity contribution in [3.05, 3.63) is 28.2 Å². The third-order valence-corrected chi connectivity index (χ3v) is 3.50. The van der Waals surface area contributed by atoms with Gasteiger partial charge in [-0.25, -0.2) is 0 Å². The molecule has 0 radical (unpaired) electrons. The molecule has 4 nitrogen and oxygen atoms in total. The summed E-state index contributed by atoms with van der Waals surface area (Å²) in [5.74, 6) is 0.567. The maximum absolute atomic E-state index is 8.93. The zero-order valence-electron chi connectivity index (χ0n) is 10.5. The molecular weight excluding hydrogens is 289 g/mol. The van der Waals surface area contributed by atoms with Gasteiger partial charge in [0.25, 0.3) is 0 Å². The second-order valence-corrected chi connectivity index (χ2v) is 5.25. The molecule has 1 saturated heterocycles. The highest BCUT2D eigenvalue weighted by Gasteiger charge is 2.20. The Morgan fingerprint density at radius 3 is 3.05 bits per heavy atom. The minimum atomic E-state index is -0.0182. The molecule has 0 aliphatic carbocycles. The quantitative estimate of drug-likeness (QED) is 0.904. The van der Waals surface area contributed by atoms with Crippen LogP contribution in [0.15, 0.2) is 18.2 Å². The molecule has 1 aromatic rings. The Hall–Kier alpha value is -0.520. The van der Waals surface area contributed by atoms with Crippen molar-refractivity contribution < 1.29 is 14.6 Å². The summed E-state index contributed by atoms with van der Waals surface area (Å²) in [7, 11) is 0. The number of aliphatic hydroxyl groups is 1. The molecule has 0 amide bonds. The Morgan fingerprint density at radius 1 is 1.42 bits per heavy atom. The first kappa shape index (κ1) is 14.9. The number of halogens is 2. The van der Waals surface area contributed by atoms with Gasteiger partial charge in [0.15, 0.2) is 0 Å². The van der Waals surface area contributed by atoms with Crippen LogP contribution in [0.25, 0.3) is 0 Å². The van der Waals surface area contributed by atoms with Crippen LogP contribution in [-0.4, -0.2) is 55.6 Å². The van der Waals surface area contributed by atoms with E-state index in [-0.39, 0.29) is 12.7 Å². The fourth-order valence-corrected chi connectivity index (χ4v) is 2.33. The average Bonchev–Trinajstić information content (AvgIpc) is 2.41. The van der Waals surface area contributed by atoms with Crippen molar-refractivity contribution in [3.8, 4) is 5.75 Å². The molecule has 0 unspecified atom stereocenters. The zero-order valence-corrected chi connectivity index (χ0v) is 12.0. The predicted molar refractivity (Wildman–Crippen MR) is 75.2 cm³/mol. The van der Waals surface area contributed by atoms with Gasteiger partial charge in [0.05, 0.1) is 18.2 Å². The Kier molecular flexibility index (Phi) is 5.73. The van der Waals surface area contributed by atoms with E-state index in [4.69, 9.17) is 37.8 Å². The summed E-state index contributed by atoms with van der Waals surface area (Å²) in [5, 5.41) is 10.1. The summed E-state index contributed by atoms with van der Waals surface area (Å²) in [5.41, 5.74) is 0. The summed E-state index contributed by atoms with van der Waals surface area (Å²) < 4.78 is 11.3. The SMILES string of the molecule is OCCN1CCO[C@@H](COc2cc(Cl)ccc2Cl)C1. The topological polar surface area (TPSA) is 41.9 Å². The molecule has 0 spiro atoms. The van der Waals surface area contributed by atoms with E-state index < -0.39 is 0 Å². The van der Waals surface area contributed by atoms with E-state index >= 15 is 0 Å². The normalized spacial score (nSPS) is 20.5. The van der Waals surface area contributed by atoms with Gasteiger partial charge in [-0.3, -0.25) is 4.90 Å². The molecule has 19 heavy (non-hydrogen) atoms. The number of ether oxygens (including phenoxy) is 2. The summed E-state index contributed by atoms with van der Waals surface area (Å²) in [6, 6.07) is 5.12. The van der Waals surface area contributed by atoms with E-state index in [1.54, 1.807) is 18.2 Å². The molecule has 6 heteroatoms. The van der Waals surface area contributed by atoms with Crippen molar-refractivity contribution in [1.82, 2.24) is 4.90 Å². The van der Waals surface area contributed by atoms with Gasteiger partial charge >= 0.3 is 0 Å². The maximum Gasteiger partial charge on any atom is 0.139 e. The largest absolute Gasteiger partial charge is 0.489 e. The number of nitrogens with zero attached hydrogens (tertiary/aromatic N) is 1. The number of benzene rings is 1. The Balaban J connectivity index is 1.86. The third-order valence-electron chi connectivity index (χ3n) is 2.96. The van der Waals surface area contributed by atoms with Gasteiger partial charge in [0.1, 0.15) is 18.5 Å². The lowest BCUT2D eigenvalue weighted by Crippen LogP contribution is -2.45. The molecule has 106 valence electrons. The number of aliphatic hydroxyl groups excluding tert-OH is 1. The molecule has 1 aliphatic heterocycles. The van der Waals surface area contributed by atoms with Crippen LogP contribution in [0, 0.1) is 0 Å². The number of hydrogen-bond acceptors (Lipinski definition) is 4. The smallest absolute Gasteiger partial charge is 0.139 e. The van der Waals surface area contributed by atoms with Crippen LogP contribution in [0.1, 0.15) is 0 Å². The number of morpholine rings is 1. The van der Waals surface area contributed by atoms with Crippen LogP contribution in [0.5, 0.6) is 5.75 Å². The highest BCUT2D eigenvalue weighted by atomic mass is 35.5. The molecular formula is C13H17Cl2NO3. The van der Waals surface area contributed by atoms with E-state index in [9.17, 15) is 0 Å². The lowest BCUT2D eigenvalue weighted by molar-refractivity contribution is -0.0508. The minimum absolute atomic E-state index is 0.0182. The van der Waals surface area contributed by atoms with Crippen molar-refractivity contribution in [2.45, 2.75) is 6.10 Å². The number of hydrogen-bond donors (Lipinski definition) is 1. The van der Waals surface area contributed by atoms with Gasteiger partial charge in [0.2, 0.25) is 0 Å². The molecule has 1 heterocycles. The van der Waals surface area contributed by atoms with Crippen molar-refractivity contribution >= 4 is 23.2 Å². The zero-order chi connectivity index (χ0) is 13.7. The van der Waals surface area contributed by atoms with Gasteiger partial charge in [-0.05, 0) is 12.1 Å². The Bertz CT molecular complexity index is 415. The molecule has 1 aromatic carbocycles. The molecule has 1 N–H and O–H groups in total. The van der Waals surface area contributed by atoms with Crippen LogP contribution in [0.2, 0.25) is 10.0 Å². The molecule has 1 fully saturated rings. The highest BCUT2D eigenvalue weighted by Crippen LogP contribution is 2.27. The molecule has 0 saturated carbocycles. The maximum atomic E-state index is 8.93. The number of β-amino-alcohol motifs (C(OH)–C–C–N with tert-alkyl or cyclic N) is 1. The van der Waals surface area contributed by atoms with Gasteiger partial charge in [-0.1, -0.05) is 23.2 Å². The first-order chi connectivity index (χ1) is 9.19. The van der Waals surface area contributed by atoms with Crippen LogP contribution in [0.3, 0.4) is 0 Å². The van der Waals surface area contributed by atoms with Gasteiger partial charge in [-0.2, -0.15) is 0 Å². The van der Waals surface area contributed by atoms with E-state index in [1.165, 1.54) is 0 Å². The fraction of sp³-hybridized carbons (Fsp3) is 0.538. The van der Waals surface area contributed by atoms with Crippen LogP contribution < -0.4 is 4.74 Å². The highest BCUT2D eigenvalue weighted by molar-refractivity contribution is 6.34. The second kappa shape index (κ2) is 7.31. The van der Waals surface area contributed by atoms with Crippen LogP contribution >= 0.6 is 23.2 Å². The van der Waals surface area contributed by atoms with E-state index in [2.05, 4.69) is 4.90 Å². The van der Waals surface area contributed by atoms with Crippen LogP contribution in [-0.2, 0) is 4.74 Å². The standard InChI is InChI=1S/C13H17Cl2NO3/c14-10-1-2-12(15)13(7-10)19-9-11-8-16(3-5-17)4-6-18-11/h1-2,7,11,17H,3-6,8-9H2/t11-/m1/s1. The first-order valence-corrected chi connectivity index (χ1v) is 6.97. The second-order valence-electron chi connectivity index (χ2n) is 4.40. The predicted octanol–water partition coefficient (Wildman–Crippen LogP) is 2.07. The van der Waals surface area contributed by atoms with Gasteiger partial charge < -0.3 is 14.6 Å². The molecule has 1 aliphatic rings. The average molecular weight is 306 g/mol. The monoisotopic (exact) mass is 305 g/mol. The van der Waals surface area contributed by atoms with Crippen molar-refractivity contribution in [2.24, 2.45) is 0 Å². The molecule has 2 rings (SSSR count). The first-order valence-electron chi connectivity index (χ1n) is 6.21. The molecule has 0 bridgehead atoms. The van der Waals surface area contributed by atoms with Crippen LogP contribution in [0.4, 0.5) is 0 Å². The Labute approximate surface area is 122 Å². The fourth-order valence-electron chi connectivity index (χ4n) is 2.00. The lowest BCUT2D eigenvalue weighted by Gasteiger charge is -2.32.